The van der Waals surface area contributed by atoms with Gasteiger partial charge in [0.05, 0.1) is 12.6 Å². The number of benzene rings is 1. The Kier molecular flexibility index (Phi) is 5.40. The number of halogens is 1. The fourth-order valence-electron chi connectivity index (χ4n) is 4.28. The summed E-state index contributed by atoms with van der Waals surface area (Å²) >= 11 is 0. The molecule has 1 aromatic carbocycles. The minimum absolute atomic E-state index is 0.0119. The first kappa shape index (κ1) is 21.2. The summed E-state index contributed by atoms with van der Waals surface area (Å²) in [5.74, 6) is 0.397. The summed E-state index contributed by atoms with van der Waals surface area (Å²) < 4.78 is 15.1. The van der Waals surface area contributed by atoms with Crippen molar-refractivity contribution in [3.63, 3.8) is 0 Å². The summed E-state index contributed by atoms with van der Waals surface area (Å²) in [6.07, 6.45) is 5.00. The lowest BCUT2D eigenvalue weighted by molar-refractivity contribution is 0.0787. The minimum Gasteiger partial charge on any atom is -0.363 e. The normalized spacial score (nSPS) is 16.0. The first-order valence-corrected chi connectivity index (χ1v) is 11.3. The molecule has 1 aliphatic heterocycles. The Morgan fingerprint density at radius 3 is 2.67 bits per heavy atom. The van der Waals surface area contributed by atoms with Crippen LogP contribution in [0.1, 0.15) is 64.7 Å². The van der Waals surface area contributed by atoms with E-state index in [1.54, 1.807) is 41.6 Å². The molecule has 1 unspecified atom stereocenters. The van der Waals surface area contributed by atoms with E-state index in [1.807, 2.05) is 19.9 Å². The number of carbonyl (C=O) groups excluding carboxylic acids is 2. The van der Waals surface area contributed by atoms with Gasteiger partial charge in [-0.25, -0.2) is 9.37 Å². The summed E-state index contributed by atoms with van der Waals surface area (Å²) in [5.41, 5.74) is 3.76. The SMILES string of the molecule is CCN1Cc2c(ccnc2NC(C)c2ccc(-c3ccnc(C(=O)C4CC4)c3)c(F)c2)C1=O. The Morgan fingerprint density at radius 2 is 1.94 bits per heavy atom. The molecule has 3 heterocycles. The van der Waals surface area contributed by atoms with Crippen LogP contribution >= 0.6 is 0 Å². The largest absolute Gasteiger partial charge is 0.363 e. The third-order valence-corrected chi connectivity index (χ3v) is 6.42. The number of anilines is 1. The molecule has 1 atom stereocenters. The maximum Gasteiger partial charge on any atom is 0.254 e. The molecule has 1 aliphatic carbocycles. The monoisotopic (exact) mass is 444 g/mol. The van der Waals surface area contributed by atoms with Crippen molar-refractivity contribution in [1.29, 1.82) is 0 Å². The summed E-state index contributed by atoms with van der Waals surface area (Å²) in [7, 11) is 0. The van der Waals surface area contributed by atoms with E-state index < -0.39 is 0 Å². The Bertz CT molecular complexity index is 1250. The Balaban J connectivity index is 1.37. The number of aromatic nitrogens is 2. The molecule has 2 aromatic heterocycles. The number of rotatable bonds is 7. The molecule has 1 amide bonds. The van der Waals surface area contributed by atoms with Gasteiger partial charge in [0.1, 0.15) is 17.3 Å². The van der Waals surface area contributed by atoms with Gasteiger partial charge in [0.25, 0.3) is 5.91 Å². The standard InChI is InChI=1S/C26H25FN4O2/c1-3-31-14-21-20(26(31)33)9-11-29-25(21)30-15(2)17-6-7-19(22(27)12-17)18-8-10-28-23(13-18)24(32)16-4-5-16/h6-13,15-16H,3-5,14H2,1-2H3,(H,29,30). The second kappa shape index (κ2) is 8.39. The highest BCUT2D eigenvalue weighted by molar-refractivity contribution is 5.99. The van der Waals surface area contributed by atoms with Crippen molar-refractivity contribution < 1.29 is 14.0 Å². The molecule has 1 saturated carbocycles. The molecule has 2 aliphatic rings. The van der Waals surface area contributed by atoms with E-state index in [9.17, 15) is 9.59 Å². The molecule has 0 saturated heterocycles. The Morgan fingerprint density at radius 1 is 1.15 bits per heavy atom. The lowest BCUT2D eigenvalue weighted by atomic mass is 9.99. The summed E-state index contributed by atoms with van der Waals surface area (Å²) in [5, 5.41) is 3.34. The number of amides is 1. The van der Waals surface area contributed by atoms with Gasteiger partial charge in [-0.05, 0) is 62.1 Å². The van der Waals surface area contributed by atoms with Gasteiger partial charge in [0.2, 0.25) is 0 Å². The number of fused-ring (bicyclic) bond motifs is 1. The van der Waals surface area contributed by atoms with Crippen molar-refractivity contribution in [3.8, 4) is 11.1 Å². The maximum atomic E-state index is 15.1. The molecular formula is C26H25FN4O2. The van der Waals surface area contributed by atoms with Crippen LogP contribution in [0.5, 0.6) is 0 Å². The quantitative estimate of drug-likeness (QED) is 0.518. The van der Waals surface area contributed by atoms with Crippen molar-refractivity contribution in [3.05, 3.63) is 77.0 Å². The van der Waals surface area contributed by atoms with E-state index in [-0.39, 0.29) is 29.5 Å². The van der Waals surface area contributed by atoms with Gasteiger partial charge in [0, 0.05) is 41.5 Å². The fraction of sp³-hybridized carbons (Fsp3) is 0.308. The molecule has 1 N–H and O–H groups in total. The van der Waals surface area contributed by atoms with Gasteiger partial charge in [-0.15, -0.1) is 0 Å². The lowest BCUT2D eigenvalue weighted by Crippen LogP contribution is -2.22. The lowest BCUT2D eigenvalue weighted by Gasteiger charge is -2.18. The van der Waals surface area contributed by atoms with Gasteiger partial charge >= 0.3 is 0 Å². The summed E-state index contributed by atoms with van der Waals surface area (Å²) in [4.78, 5) is 35.2. The summed E-state index contributed by atoms with van der Waals surface area (Å²) in [6, 6.07) is 10.0. The maximum absolute atomic E-state index is 15.1. The number of ketones is 1. The van der Waals surface area contributed by atoms with Crippen LogP contribution < -0.4 is 5.32 Å². The molecule has 1 fully saturated rings. The van der Waals surface area contributed by atoms with Crippen LogP contribution in [-0.2, 0) is 6.54 Å². The van der Waals surface area contributed by atoms with Crippen LogP contribution in [0.4, 0.5) is 10.2 Å². The topological polar surface area (TPSA) is 75.2 Å². The Hall–Kier alpha value is -3.61. The number of carbonyl (C=O) groups is 2. The van der Waals surface area contributed by atoms with Gasteiger partial charge in [-0.2, -0.15) is 0 Å². The van der Waals surface area contributed by atoms with Crippen LogP contribution in [0, 0.1) is 11.7 Å². The highest BCUT2D eigenvalue weighted by Gasteiger charge is 2.31. The molecule has 6 nitrogen and oxygen atoms in total. The highest BCUT2D eigenvalue weighted by atomic mass is 19.1. The van der Waals surface area contributed by atoms with Crippen molar-refractivity contribution in [1.82, 2.24) is 14.9 Å². The van der Waals surface area contributed by atoms with E-state index in [4.69, 9.17) is 0 Å². The van der Waals surface area contributed by atoms with Crippen molar-refractivity contribution >= 4 is 17.5 Å². The second-order valence-corrected chi connectivity index (χ2v) is 8.68. The number of pyridine rings is 2. The zero-order valence-corrected chi connectivity index (χ0v) is 18.6. The predicted molar refractivity (Wildman–Crippen MR) is 123 cm³/mol. The first-order chi connectivity index (χ1) is 16.0. The van der Waals surface area contributed by atoms with Gasteiger partial charge in [0.15, 0.2) is 5.78 Å². The number of hydrogen-bond donors (Lipinski definition) is 1. The van der Waals surface area contributed by atoms with Crippen LogP contribution in [0.15, 0.2) is 48.8 Å². The third-order valence-electron chi connectivity index (χ3n) is 6.42. The van der Waals surface area contributed by atoms with E-state index in [2.05, 4.69) is 15.3 Å². The minimum atomic E-state index is -0.365. The molecular weight excluding hydrogens is 419 g/mol. The Labute approximate surface area is 191 Å². The van der Waals surface area contributed by atoms with Crippen molar-refractivity contribution in [2.75, 3.05) is 11.9 Å². The molecule has 7 heteroatoms. The van der Waals surface area contributed by atoms with E-state index >= 15 is 4.39 Å². The van der Waals surface area contributed by atoms with E-state index in [1.165, 1.54) is 6.07 Å². The fourth-order valence-corrected chi connectivity index (χ4v) is 4.28. The number of nitrogens with one attached hydrogen (secondary N) is 1. The van der Waals surface area contributed by atoms with Crippen molar-refractivity contribution in [2.24, 2.45) is 5.92 Å². The third kappa shape index (κ3) is 3.99. The first-order valence-electron chi connectivity index (χ1n) is 11.3. The van der Waals surface area contributed by atoms with Gasteiger partial charge < -0.3 is 10.2 Å². The molecule has 0 bridgehead atoms. The van der Waals surface area contributed by atoms with Crippen molar-refractivity contribution in [2.45, 2.75) is 39.3 Å². The van der Waals surface area contributed by atoms with Gasteiger partial charge in [-0.3, -0.25) is 14.6 Å². The summed E-state index contributed by atoms with van der Waals surface area (Å²) in [6.45, 7) is 5.04. The van der Waals surface area contributed by atoms with Crippen LogP contribution in [-0.4, -0.2) is 33.1 Å². The second-order valence-electron chi connectivity index (χ2n) is 8.68. The van der Waals surface area contributed by atoms with Crippen LogP contribution in [0.25, 0.3) is 11.1 Å². The zero-order chi connectivity index (χ0) is 23.1. The average Bonchev–Trinajstić information content (AvgIpc) is 3.62. The predicted octanol–water partition coefficient (Wildman–Crippen LogP) is 5.02. The smallest absolute Gasteiger partial charge is 0.254 e. The highest BCUT2D eigenvalue weighted by Crippen LogP contribution is 2.34. The molecule has 0 spiro atoms. The average molecular weight is 445 g/mol. The molecule has 3 aromatic rings. The van der Waals surface area contributed by atoms with Crippen LogP contribution in [0.3, 0.4) is 0 Å². The van der Waals surface area contributed by atoms with Crippen LogP contribution in [0.2, 0.25) is 0 Å². The zero-order valence-electron chi connectivity index (χ0n) is 18.6. The number of nitrogens with zero attached hydrogens (tertiary/aromatic N) is 3. The van der Waals surface area contributed by atoms with E-state index in [0.717, 1.165) is 24.0 Å². The van der Waals surface area contributed by atoms with E-state index in [0.29, 0.717) is 41.3 Å². The van der Waals surface area contributed by atoms with Gasteiger partial charge in [-0.1, -0.05) is 12.1 Å². The molecule has 5 rings (SSSR count). The molecule has 168 valence electrons. The molecule has 0 radical (unpaired) electrons. The molecule has 33 heavy (non-hydrogen) atoms. The number of hydrogen-bond acceptors (Lipinski definition) is 5. The number of Topliss-reactive ketones (excluding diaryl/α,β-unsaturated/α-hetero) is 1.